The summed E-state index contributed by atoms with van der Waals surface area (Å²) >= 11 is 5.40. The van der Waals surface area contributed by atoms with Crippen LogP contribution < -0.4 is 10.6 Å². The number of nitrogens with zero attached hydrogens (tertiary/aromatic N) is 2. The van der Waals surface area contributed by atoms with E-state index in [0.29, 0.717) is 5.11 Å². The first-order chi connectivity index (χ1) is 10.4. The lowest BCUT2D eigenvalue weighted by atomic mass is 10.1. The van der Waals surface area contributed by atoms with E-state index in [2.05, 4.69) is 53.5 Å². The van der Waals surface area contributed by atoms with Crippen molar-refractivity contribution in [3.8, 4) is 0 Å². The van der Waals surface area contributed by atoms with Crippen LogP contribution in [-0.4, -0.2) is 20.6 Å². The van der Waals surface area contributed by atoms with Crippen molar-refractivity contribution in [2.24, 2.45) is 0 Å². The zero-order valence-corrected chi connectivity index (χ0v) is 13.7. The van der Waals surface area contributed by atoms with Crippen LogP contribution >= 0.6 is 12.2 Å². The molecule has 2 heterocycles. The predicted octanol–water partition coefficient (Wildman–Crippen LogP) is 3.87. The summed E-state index contributed by atoms with van der Waals surface area (Å²) in [6, 6.07) is 9.97. The van der Waals surface area contributed by atoms with Gasteiger partial charge < -0.3 is 10.6 Å². The fraction of sp³-hybridized carbons (Fsp3) is 0.235. The van der Waals surface area contributed by atoms with Crippen LogP contribution in [0.1, 0.15) is 20.8 Å². The van der Waals surface area contributed by atoms with Gasteiger partial charge in [0.2, 0.25) is 0 Å². The molecule has 0 saturated heterocycles. The molecule has 0 radical (unpaired) electrons. The quantitative estimate of drug-likeness (QED) is 0.528. The van der Waals surface area contributed by atoms with Crippen molar-refractivity contribution in [3.05, 3.63) is 42.7 Å². The highest BCUT2D eigenvalue weighted by atomic mass is 32.1. The average molecular weight is 310 g/mol. The van der Waals surface area contributed by atoms with E-state index in [1.54, 1.807) is 12.4 Å². The second-order valence-electron chi connectivity index (χ2n) is 6.22. The molecule has 0 saturated carbocycles. The third-order valence-electron chi connectivity index (χ3n) is 3.21. The molecule has 0 atom stereocenters. The van der Waals surface area contributed by atoms with E-state index in [9.17, 15) is 0 Å². The molecular weight excluding hydrogens is 292 g/mol. The smallest absolute Gasteiger partial charge is 0.171 e. The highest BCUT2D eigenvalue weighted by Crippen LogP contribution is 2.29. The summed E-state index contributed by atoms with van der Waals surface area (Å²) in [5.74, 6) is 0. The maximum absolute atomic E-state index is 5.40. The summed E-state index contributed by atoms with van der Waals surface area (Å²) in [6.07, 6.45) is 3.58. The standard InChI is InChI=1S/C17H18N4S/c1-17(2,3)21-16(22)20-14-10-13-11(6-4-8-18-13)12-7-5-9-19-15(12)14/h4-10H,1-3H3,(H2,20,21,22). The second-order valence-corrected chi connectivity index (χ2v) is 6.63. The molecule has 0 unspecified atom stereocenters. The molecule has 0 aliphatic carbocycles. The molecule has 4 nitrogen and oxygen atoms in total. The number of pyridine rings is 2. The summed E-state index contributed by atoms with van der Waals surface area (Å²) < 4.78 is 0. The Labute approximate surface area is 135 Å². The van der Waals surface area contributed by atoms with Crippen LogP contribution in [0.4, 0.5) is 5.69 Å². The van der Waals surface area contributed by atoms with Crippen molar-refractivity contribution >= 4 is 44.8 Å². The van der Waals surface area contributed by atoms with Gasteiger partial charge in [0.15, 0.2) is 5.11 Å². The highest BCUT2D eigenvalue weighted by molar-refractivity contribution is 7.80. The molecule has 3 aromatic rings. The van der Waals surface area contributed by atoms with Gasteiger partial charge in [0.1, 0.15) is 0 Å². The molecule has 22 heavy (non-hydrogen) atoms. The number of nitrogens with one attached hydrogen (secondary N) is 2. The molecule has 0 aliphatic rings. The number of hydrogen-bond acceptors (Lipinski definition) is 3. The van der Waals surface area contributed by atoms with Gasteiger partial charge in [0.25, 0.3) is 0 Å². The first-order valence-electron chi connectivity index (χ1n) is 7.16. The normalized spacial score (nSPS) is 11.6. The van der Waals surface area contributed by atoms with Crippen LogP contribution in [0, 0.1) is 0 Å². The van der Waals surface area contributed by atoms with Crippen LogP contribution in [0.15, 0.2) is 42.7 Å². The molecular formula is C17H18N4S. The average Bonchev–Trinajstić information content (AvgIpc) is 2.45. The van der Waals surface area contributed by atoms with E-state index >= 15 is 0 Å². The van der Waals surface area contributed by atoms with Gasteiger partial charge in [-0.15, -0.1) is 0 Å². The minimum Gasteiger partial charge on any atom is -0.358 e. The van der Waals surface area contributed by atoms with Crippen molar-refractivity contribution in [2.45, 2.75) is 26.3 Å². The van der Waals surface area contributed by atoms with E-state index in [1.807, 2.05) is 18.2 Å². The van der Waals surface area contributed by atoms with Crippen molar-refractivity contribution < 1.29 is 0 Å². The largest absolute Gasteiger partial charge is 0.358 e. The number of fused-ring (bicyclic) bond motifs is 3. The van der Waals surface area contributed by atoms with E-state index in [0.717, 1.165) is 27.5 Å². The van der Waals surface area contributed by atoms with Gasteiger partial charge in [-0.05, 0) is 51.2 Å². The highest BCUT2D eigenvalue weighted by Gasteiger charge is 2.13. The Morgan fingerprint density at radius 1 is 1.05 bits per heavy atom. The summed E-state index contributed by atoms with van der Waals surface area (Å²) in [7, 11) is 0. The number of aromatic nitrogens is 2. The summed E-state index contributed by atoms with van der Waals surface area (Å²) in [4.78, 5) is 8.95. The number of anilines is 1. The molecule has 112 valence electrons. The van der Waals surface area contributed by atoms with Gasteiger partial charge in [-0.2, -0.15) is 0 Å². The van der Waals surface area contributed by atoms with Crippen LogP contribution in [0.2, 0.25) is 0 Å². The molecule has 1 aromatic carbocycles. The van der Waals surface area contributed by atoms with Crippen molar-refractivity contribution in [3.63, 3.8) is 0 Å². The zero-order valence-electron chi connectivity index (χ0n) is 12.8. The van der Waals surface area contributed by atoms with E-state index < -0.39 is 0 Å². The molecule has 2 aromatic heterocycles. The van der Waals surface area contributed by atoms with E-state index in [-0.39, 0.29) is 5.54 Å². The van der Waals surface area contributed by atoms with Crippen molar-refractivity contribution in [1.82, 2.24) is 15.3 Å². The molecule has 0 fully saturated rings. The Morgan fingerprint density at radius 2 is 1.73 bits per heavy atom. The van der Waals surface area contributed by atoms with Gasteiger partial charge in [0.05, 0.1) is 16.7 Å². The lowest BCUT2D eigenvalue weighted by molar-refractivity contribution is 0.515. The molecule has 0 bridgehead atoms. The zero-order chi connectivity index (χ0) is 15.7. The lowest BCUT2D eigenvalue weighted by Crippen LogP contribution is -2.42. The van der Waals surface area contributed by atoms with Gasteiger partial charge >= 0.3 is 0 Å². The minimum atomic E-state index is -0.0948. The van der Waals surface area contributed by atoms with Gasteiger partial charge in [-0.25, -0.2) is 0 Å². The Bertz CT molecular complexity index is 852. The Hall–Kier alpha value is -2.27. The second kappa shape index (κ2) is 5.50. The predicted molar refractivity (Wildman–Crippen MR) is 96.2 cm³/mol. The van der Waals surface area contributed by atoms with Gasteiger partial charge in [-0.3, -0.25) is 9.97 Å². The number of benzene rings is 1. The molecule has 3 rings (SSSR count). The third-order valence-corrected chi connectivity index (χ3v) is 3.41. The fourth-order valence-electron chi connectivity index (χ4n) is 2.39. The SMILES string of the molecule is CC(C)(C)NC(=S)Nc1cc2ncccc2c2cccnc12. The maximum atomic E-state index is 5.40. The van der Waals surface area contributed by atoms with Gasteiger partial charge in [-0.1, -0.05) is 12.1 Å². The maximum Gasteiger partial charge on any atom is 0.171 e. The van der Waals surface area contributed by atoms with E-state index in [1.165, 1.54) is 0 Å². The Morgan fingerprint density at radius 3 is 2.45 bits per heavy atom. The lowest BCUT2D eigenvalue weighted by Gasteiger charge is -2.23. The molecule has 2 N–H and O–H groups in total. The molecule has 5 heteroatoms. The van der Waals surface area contributed by atoms with E-state index in [4.69, 9.17) is 12.2 Å². The summed E-state index contributed by atoms with van der Waals surface area (Å²) in [5.41, 5.74) is 2.58. The number of rotatable bonds is 1. The first-order valence-corrected chi connectivity index (χ1v) is 7.56. The summed E-state index contributed by atoms with van der Waals surface area (Å²) in [5, 5.41) is 9.24. The van der Waals surface area contributed by atoms with Gasteiger partial charge in [0, 0.05) is 28.7 Å². The first kappa shape index (κ1) is 14.7. The molecule has 0 amide bonds. The fourth-order valence-corrected chi connectivity index (χ4v) is 2.81. The molecule has 0 spiro atoms. The van der Waals surface area contributed by atoms with Crippen LogP contribution in [0.5, 0.6) is 0 Å². The Balaban J connectivity index is 2.10. The number of hydrogen-bond donors (Lipinski definition) is 2. The van der Waals surface area contributed by atoms with Crippen LogP contribution in [0.3, 0.4) is 0 Å². The molecule has 0 aliphatic heterocycles. The Kier molecular flexibility index (Phi) is 3.66. The monoisotopic (exact) mass is 310 g/mol. The minimum absolute atomic E-state index is 0.0948. The van der Waals surface area contributed by atoms with Crippen LogP contribution in [0.25, 0.3) is 21.8 Å². The number of thiocarbonyl (C=S) groups is 1. The van der Waals surface area contributed by atoms with Crippen LogP contribution in [-0.2, 0) is 0 Å². The summed E-state index contributed by atoms with van der Waals surface area (Å²) in [6.45, 7) is 6.21. The van der Waals surface area contributed by atoms with Crippen molar-refractivity contribution in [2.75, 3.05) is 5.32 Å². The topological polar surface area (TPSA) is 49.8 Å². The van der Waals surface area contributed by atoms with Crippen molar-refractivity contribution in [1.29, 1.82) is 0 Å². The third kappa shape index (κ3) is 2.99.